The molecule has 150 valence electrons. The molecule has 0 fully saturated rings. The van der Waals surface area contributed by atoms with Gasteiger partial charge in [-0.05, 0) is 55.8 Å². The first kappa shape index (κ1) is 19.4. The molecule has 0 unspecified atom stereocenters. The minimum absolute atomic E-state index is 0.0312. The summed E-state index contributed by atoms with van der Waals surface area (Å²) in [5, 5.41) is 7.60. The lowest BCUT2D eigenvalue weighted by Crippen LogP contribution is -2.22. The molecule has 4 rings (SSSR count). The monoisotopic (exact) mass is 409 g/mol. The van der Waals surface area contributed by atoms with Crippen LogP contribution in [0.15, 0.2) is 48.5 Å². The number of fused-ring (bicyclic) bond motifs is 1. The molecule has 6 nitrogen and oxygen atoms in total. The van der Waals surface area contributed by atoms with E-state index in [1.54, 1.807) is 30.7 Å². The summed E-state index contributed by atoms with van der Waals surface area (Å²) in [4.78, 5) is 12.8. The Morgan fingerprint density at radius 3 is 2.48 bits per heavy atom. The number of nitrogens with zero attached hydrogens (tertiary/aromatic N) is 2. The van der Waals surface area contributed by atoms with Gasteiger partial charge in [-0.25, -0.2) is 4.68 Å². The summed E-state index contributed by atoms with van der Waals surface area (Å²) < 4.78 is 12.5. The molecule has 0 aliphatic carbocycles. The van der Waals surface area contributed by atoms with Crippen LogP contribution in [-0.2, 0) is 4.79 Å². The maximum atomic E-state index is 12.8. The summed E-state index contributed by atoms with van der Waals surface area (Å²) in [5.41, 5.74) is 3.83. The van der Waals surface area contributed by atoms with E-state index in [0.29, 0.717) is 5.82 Å². The van der Waals surface area contributed by atoms with Crippen molar-refractivity contribution in [2.45, 2.75) is 24.3 Å². The minimum Gasteiger partial charge on any atom is -0.497 e. The molecule has 1 N–H and O–H groups in total. The summed E-state index contributed by atoms with van der Waals surface area (Å²) in [7, 11) is 3.29. The third-order valence-electron chi connectivity index (χ3n) is 5.03. The molecule has 1 aliphatic rings. The molecule has 2 atom stereocenters. The molecule has 1 aromatic heterocycles. The number of amides is 1. The summed E-state index contributed by atoms with van der Waals surface area (Å²) in [5.74, 6) is 2.24. The van der Waals surface area contributed by atoms with Crippen LogP contribution in [0.4, 0.5) is 5.82 Å². The standard InChI is InChI=1S/C22H23N3O3S/c1-13-19-20(15-6-5-7-18(12-15)28-4)29-14(2)22(26)23-21(19)25(24-13)16-8-10-17(27-3)11-9-16/h5-12,14,20H,1-4H3,(H,23,26)/t14-,20-/m0/s1. The highest BCUT2D eigenvalue weighted by Gasteiger charge is 2.34. The summed E-state index contributed by atoms with van der Waals surface area (Å²) >= 11 is 1.62. The number of hydrogen-bond donors (Lipinski definition) is 1. The third kappa shape index (κ3) is 3.58. The quantitative estimate of drug-likeness (QED) is 0.694. The lowest BCUT2D eigenvalue weighted by atomic mass is 10.0. The largest absolute Gasteiger partial charge is 0.497 e. The molecular formula is C22H23N3O3S. The van der Waals surface area contributed by atoms with Gasteiger partial charge in [0.25, 0.3) is 0 Å². The predicted molar refractivity (Wildman–Crippen MR) is 115 cm³/mol. The topological polar surface area (TPSA) is 65.4 Å². The average Bonchev–Trinajstić information content (AvgIpc) is 2.99. The van der Waals surface area contributed by atoms with Crippen LogP contribution in [0.5, 0.6) is 11.5 Å². The van der Waals surface area contributed by atoms with E-state index >= 15 is 0 Å². The van der Waals surface area contributed by atoms with Crippen LogP contribution in [0.3, 0.4) is 0 Å². The van der Waals surface area contributed by atoms with E-state index in [4.69, 9.17) is 14.6 Å². The summed E-state index contributed by atoms with van der Waals surface area (Å²) in [6.45, 7) is 3.91. The van der Waals surface area contributed by atoms with Gasteiger partial charge >= 0.3 is 0 Å². The van der Waals surface area contributed by atoms with Crippen molar-refractivity contribution in [2.75, 3.05) is 19.5 Å². The summed E-state index contributed by atoms with van der Waals surface area (Å²) in [6, 6.07) is 15.6. The van der Waals surface area contributed by atoms with E-state index in [9.17, 15) is 4.79 Å². The number of nitrogens with one attached hydrogen (secondary N) is 1. The fraction of sp³-hybridized carbons (Fsp3) is 0.273. The number of carbonyl (C=O) groups excluding carboxylic acids is 1. The van der Waals surface area contributed by atoms with Crippen molar-refractivity contribution < 1.29 is 14.3 Å². The number of hydrogen-bond acceptors (Lipinski definition) is 5. The van der Waals surface area contributed by atoms with Crippen molar-refractivity contribution in [3.05, 3.63) is 65.4 Å². The van der Waals surface area contributed by atoms with Gasteiger partial charge in [0.15, 0.2) is 0 Å². The molecule has 3 aromatic rings. The number of rotatable bonds is 4. The van der Waals surface area contributed by atoms with Gasteiger partial charge in [0.2, 0.25) is 5.91 Å². The van der Waals surface area contributed by atoms with Crippen molar-refractivity contribution >= 4 is 23.5 Å². The fourth-order valence-electron chi connectivity index (χ4n) is 3.49. The number of ether oxygens (including phenoxy) is 2. The molecule has 2 aromatic carbocycles. The second-order valence-electron chi connectivity index (χ2n) is 6.88. The highest BCUT2D eigenvalue weighted by atomic mass is 32.2. The molecular weight excluding hydrogens is 386 g/mol. The van der Waals surface area contributed by atoms with Crippen LogP contribution in [0, 0.1) is 6.92 Å². The van der Waals surface area contributed by atoms with Gasteiger partial charge in [-0.1, -0.05) is 12.1 Å². The molecule has 0 bridgehead atoms. The number of aromatic nitrogens is 2. The van der Waals surface area contributed by atoms with Crippen LogP contribution in [0.1, 0.15) is 29.0 Å². The Kier molecular flexibility index (Phi) is 5.24. The fourth-order valence-corrected chi connectivity index (χ4v) is 4.80. The first-order valence-electron chi connectivity index (χ1n) is 9.36. The van der Waals surface area contributed by atoms with Crippen molar-refractivity contribution in [2.24, 2.45) is 0 Å². The minimum atomic E-state index is -0.206. The molecule has 0 radical (unpaired) electrons. The first-order valence-corrected chi connectivity index (χ1v) is 10.3. The Morgan fingerprint density at radius 2 is 1.79 bits per heavy atom. The van der Waals surface area contributed by atoms with Gasteiger partial charge in [0.05, 0.1) is 36.1 Å². The maximum Gasteiger partial charge on any atom is 0.238 e. The molecule has 1 aliphatic heterocycles. The van der Waals surface area contributed by atoms with E-state index in [-0.39, 0.29) is 16.4 Å². The second kappa shape index (κ2) is 7.83. The van der Waals surface area contributed by atoms with Crippen LogP contribution in [-0.4, -0.2) is 35.2 Å². The highest BCUT2D eigenvalue weighted by Crippen LogP contribution is 2.46. The molecule has 0 spiro atoms. The van der Waals surface area contributed by atoms with Crippen LogP contribution in [0.2, 0.25) is 0 Å². The molecule has 0 saturated carbocycles. The normalized spacial score (nSPS) is 18.6. The van der Waals surface area contributed by atoms with E-state index in [1.807, 2.05) is 56.3 Å². The van der Waals surface area contributed by atoms with Crippen LogP contribution < -0.4 is 14.8 Å². The maximum absolute atomic E-state index is 12.8. The Balaban J connectivity index is 1.87. The predicted octanol–water partition coefficient (Wildman–Crippen LogP) is 4.36. The van der Waals surface area contributed by atoms with Crippen molar-refractivity contribution in [3.63, 3.8) is 0 Å². The third-order valence-corrected chi connectivity index (χ3v) is 6.44. The second-order valence-corrected chi connectivity index (χ2v) is 8.33. The first-order chi connectivity index (χ1) is 14.0. The van der Waals surface area contributed by atoms with Crippen molar-refractivity contribution in [1.29, 1.82) is 0 Å². The zero-order chi connectivity index (χ0) is 20.5. The average molecular weight is 410 g/mol. The zero-order valence-corrected chi connectivity index (χ0v) is 17.6. The van der Waals surface area contributed by atoms with Gasteiger partial charge < -0.3 is 14.8 Å². The molecule has 0 saturated heterocycles. The van der Waals surface area contributed by atoms with E-state index in [2.05, 4.69) is 11.4 Å². The van der Waals surface area contributed by atoms with Crippen LogP contribution >= 0.6 is 11.8 Å². The van der Waals surface area contributed by atoms with E-state index < -0.39 is 0 Å². The Hall–Kier alpha value is -2.93. The number of carbonyl (C=O) groups is 1. The molecule has 29 heavy (non-hydrogen) atoms. The number of anilines is 1. The summed E-state index contributed by atoms with van der Waals surface area (Å²) in [6.07, 6.45) is 0. The lowest BCUT2D eigenvalue weighted by molar-refractivity contribution is -0.115. The Bertz CT molecular complexity index is 1050. The number of benzene rings is 2. The molecule has 1 amide bonds. The molecule has 2 heterocycles. The van der Waals surface area contributed by atoms with Crippen molar-refractivity contribution in [3.8, 4) is 17.2 Å². The SMILES string of the molecule is COc1ccc(-n2nc(C)c3c2NC(=O)[C@H](C)S[C@H]3c2cccc(OC)c2)cc1. The van der Waals surface area contributed by atoms with E-state index in [0.717, 1.165) is 34.0 Å². The number of methoxy groups -OCH3 is 2. The number of aryl methyl sites for hydroxylation is 1. The Morgan fingerprint density at radius 1 is 1.07 bits per heavy atom. The zero-order valence-electron chi connectivity index (χ0n) is 16.8. The smallest absolute Gasteiger partial charge is 0.238 e. The van der Waals surface area contributed by atoms with Gasteiger partial charge in [-0.2, -0.15) is 5.10 Å². The van der Waals surface area contributed by atoms with E-state index in [1.165, 1.54) is 0 Å². The molecule has 7 heteroatoms. The van der Waals surface area contributed by atoms with Gasteiger partial charge in [0.1, 0.15) is 17.3 Å². The van der Waals surface area contributed by atoms with Crippen molar-refractivity contribution in [1.82, 2.24) is 9.78 Å². The highest BCUT2D eigenvalue weighted by molar-refractivity contribution is 8.01. The van der Waals surface area contributed by atoms with Crippen LogP contribution in [0.25, 0.3) is 5.69 Å². The Labute approximate surface area is 174 Å². The number of thioether (sulfide) groups is 1. The van der Waals surface area contributed by atoms with Gasteiger partial charge in [-0.15, -0.1) is 11.8 Å². The lowest BCUT2D eigenvalue weighted by Gasteiger charge is -2.18. The van der Waals surface area contributed by atoms with Gasteiger partial charge in [0, 0.05) is 5.56 Å². The van der Waals surface area contributed by atoms with Gasteiger partial charge in [-0.3, -0.25) is 4.79 Å².